The summed E-state index contributed by atoms with van der Waals surface area (Å²) in [6.45, 7) is 0. The van der Waals surface area contributed by atoms with Crippen molar-refractivity contribution in [3.63, 3.8) is 0 Å². The van der Waals surface area contributed by atoms with Crippen LogP contribution in [-0.2, 0) is 0 Å². The van der Waals surface area contributed by atoms with E-state index >= 15 is 0 Å². The zero-order chi connectivity index (χ0) is 11.1. The third kappa shape index (κ3) is 1.59. The molecule has 1 atom stereocenters. The van der Waals surface area contributed by atoms with Crippen LogP contribution in [0, 0.1) is 28.4 Å². The Morgan fingerprint density at radius 1 is 1.40 bits per heavy atom. The minimum absolute atomic E-state index is 0.0917. The van der Waals surface area contributed by atoms with Crippen LogP contribution in [0.2, 0.25) is 0 Å². The number of nitriles is 1. The lowest BCUT2D eigenvalue weighted by Crippen LogP contribution is -2.22. The molecule has 78 valence electrons. The van der Waals surface area contributed by atoms with Gasteiger partial charge in [-0.15, -0.1) is 0 Å². The summed E-state index contributed by atoms with van der Waals surface area (Å²) < 4.78 is 26.3. The molecule has 1 fully saturated rings. The van der Waals surface area contributed by atoms with E-state index in [1.165, 1.54) is 0 Å². The van der Waals surface area contributed by atoms with E-state index in [-0.39, 0.29) is 5.56 Å². The first-order valence-corrected chi connectivity index (χ1v) is 4.71. The average molecular weight is 208 g/mol. The van der Waals surface area contributed by atoms with Crippen molar-refractivity contribution >= 4 is 0 Å². The molecule has 1 aliphatic carbocycles. The fourth-order valence-electron chi connectivity index (χ4n) is 1.68. The maximum Gasteiger partial charge on any atom is 0.128 e. The molecule has 0 spiro atoms. The molecule has 0 saturated heterocycles. The molecule has 1 saturated carbocycles. The van der Waals surface area contributed by atoms with E-state index < -0.39 is 23.1 Å². The second-order valence-corrected chi connectivity index (χ2v) is 3.91. The Kier molecular flexibility index (Phi) is 2.20. The number of hydrogen-bond acceptors (Lipinski definition) is 2. The Balaban J connectivity index is 2.38. The van der Waals surface area contributed by atoms with Crippen molar-refractivity contribution in [2.45, 2.75) is 18.9 Å². The van der Waals surface area contributed by atoms with Crippen LogP contribution in [0.15, 0.2) is 18.2 Å². The van der Waals surface area contributed by atoms with Crippen LogP contribution in [0.25, 0.3) is 0 Å². The molecule has 2 nitrogen and oxygen atoms in total. The molecular weight excluding hydrogens is 198 g/mol. The number of benzene rings is 1. The number of hydrogen-bond donors (Lipinski definition) is 1. The van der Waals surface area contributed by atoms with Crippen molar-refractivity contribution in [2.24, 2.45) is 11.1 Å². The number of nitrogens with zero attached hydrogens (tertiary/aromatic N) is 1. The van der Waals surface area contributed by atoms with Crippen molar-refractivity contribution in [3.8, 4) is 6.07 Å². The summed E-state index contributed by atoms with van der Waals surface area (Å²) in [7, 11) is 0. The Labute approximate surface area is 86.3 Å². The molecule has 1 aromatic rings. The van der Waals surface area contributed by atoms with E-state index in [0.29, 0.717) is 12.8 Å². The van der Waals surface area contributed by atoms with Crippen molar-refractivity contribution in [1.82, 2.24) is 0 Å². The summed E-state index contributed by atoms with van der Waals surface area (Å²) in [6, 6.07) is 4.49. The molecule has 1 unspecified atom stereocenters. The van der Waals surface area contributed by atoms with E-state index in [1.54, 1.807) is 0 Å². The van der Waals surface area contributed by atoms with E-state index in [0.717, 1.165) is 18.2 Å². The Morgan fingerprint density at radius 3 is 2.60 bits per heavy atom. The first kappa shape index (κ1) is 10.1. The topological polar surface area (TPSA) is 49.8 Å². The minimum Gasteiger partial charge on any atom is -0.323 e. The summed E-state index contributed by atoms with van der Waals surface area (Å²) in [5.74, 6) is -1.08. The molecule has 15 heavy (non-hydrogen) atoms. The van der Waals surface area contributed by atoms with Gasteiger partial charge in [-0.05, 0) is 31.0 Å². The molecule has 4 heteroatoms. The molecule has 0 bridgehead atoms. The van der Waals surface area contributed by atoms with Gasteiger partial charge >= 0.3 is 0 Å². The highest BCUT2D eigenvalue weighted by molar-refractivity contribution is 5.30. The van der Waals surface area contributed by atoms with Gasteiger partial charge in [-0.1, -0.05) is 0 Å². The van der Waals surface area contributed by atoms with Crippen LogP contribution < -0.4 is 5.73 Å². The van der Waals surface area contributed by atoms with Gasteiger partial charge in [-0.25, -0.2) is 8.78 Å². The van der Waals surface area contributed by atoms with Gasteiger partial charge in [-0.3, -0.25) is 0 Å². The van der Waals surface area contributed by atoms with Gasteiger partial charge in [-0.2, -0.15) is 5.26 Å². The Hall–Kier alpha value is -1.47. The number of rotatable bonds is 2. The highest BCUT2D eigenvalue weighted by Crippen LogP contribution is 2.53. The predicted molar refractivity (Wildman–Crippen MR) is 50.6 cm³/mol. The van der Waals surface area contributed by atoms with Gasteiger partial charge in [0.2, 0.25) is 0 Å². The molecule has 0 heterocycles. The largest absolute Gasteiger partial charge is 0.323 e. The van der Waals surface area contributed by atoms with E-state index in [9.17, 15) is 8.78 Å². The smallest absolute Gasteiger partial charge is 0.128 e. The zero-order valence-electron chi connectivity index (χ0n) is 8.00. The molecule has 0 aromatic heterocycles. The van der Waals surface area contributed by atoms with Gasteiger partial charge < -0.3 is 5.73 Å². The zero-order valence-corrected chi connectivity index (χ0v) is 8.00. The van der Waals surface area contributed by atoms with Gasteiger partial charge in [0.15, 0.2) is 0 Å². The van der Waals surface area contributed by atoms with Crippen LogP contribution >= 0.6 is 0 Å². The van der Waals surface area contributed by atoms with Crippen LogP contribution in [0.3, 0.4) is 0 Å². The lowest BCUT2D eigenvalue weighted by Gasteiger charge is -2.17. The molecule has 2 rings (SSSR count). The molecular formula is C11H10F2N2. The average Bonchev–Trinajstić information content (AvgIpc) is 3.01. The third-order valence-electron chi connectivity index (χ3n) is 2.90. The fourth-order valence-corrected chi connectivity index (χ4v) is 1.68. The molecule has 0 radical (unpaired) electrons. The Bertz CT molecular complexity index is 433. The van der Waals surface area contributed by atoms with E-state index in [4.69, 9.17) is 11.0 Å². The molecule has 1 aliphatic rings. The third-order valence-corrected chi connectivity index (χ3v) is 2.90. The lowest BCUT2D eigenvalue weighted by molar-refractivity contribution is 0.481. The lowest BCUT2D eigenvalue weighted by atomic mass is 9.92. The monoisotopic (exact) mass is 208 g/mol. The minimum atomic E-state index is -0.738. The molecule has 1 aromatic carbocycles. The summed E-state index contributed by atoms with van der Waals surface area (Å²) in [5.41, 5.74) is 5.19. The van der Waals surface area contributed by atoms with Crippen LogP contribution in [0.5, 0.6) is 0 Å². The SMILES string of the molecule is N#CC1(C(N)c2cc(F)ccc2F)CC1. The van der Waals surface area contributed by atoms with Crippen molar-refractivity contribution in [1.29, 1.82) is 5.26 Å². The van der Waals surface area contributed by atoms with Crippen LogP contribution in [0.1, 0.15) is 24.4 Å². The standard InChI is InChI=1S/C11H10F2N2/c12-7-1-2-9(13)8(5-7)10(15)11(6-14)3-4-11/h1-2,5,10H,3-4,15H2. The van der Waals surface area contributed by atoms with Gasteiger partial charge in [0.05, 0.1) is 17.5 Å². The number of halogens is 2. The summed E-state index contributed by atoms with van der Waals surface area (Å²) in [4.78, 5) is 0. The van der Waals surface area contributed by atoms with E-state index in [1.807, 2.05) is 0 Å². The predicted octanol–water partition coefficient (Wildman–Crippen LogP) is 2.27. The highest BCUT2D eigenvalue weighted by Gasteiger charge is 2.49. The Morgan fingerprint density at radius 2 is 2.07 bits per heavy atom. The highest BCUT2D eigenvalue weighted by atomic mass is 19.1. The summed E-state index contributed by atoms with van der Waals surface area (Å²) in [5, 5.41) is 8.90. The summed E-state index contributed by atoms with van der Waals surface area (Å²) in [6.07, 6.45) is 1.31. The summed E-state index contributed by atoms with van der Waals surface area (Å²) >= 11 is 0. The first-order valence-electron chi connectivity index (χ1n) is 4.71. The maximum atomic E-state index is 13.4. The molecule has 2 N–H and O–H groups in total. The second-order valence-electron chi connectivity index (χ2n) is 3.91. The second kappa shape index (κ2) is 3.28. The fraction of sp³-hybridized carbons (Fsp3) is 0.364. The van der Waals surface area contributed by atoms with Gasteiger partial charge in [0.1, 0.15) is 11.6 Å². The van der Waals surface area contributed by atoms with E-state index in [2.05, 4.69) is 6.07 Å². The van der Waals surface area contributed by atoms with Gasteiger partial charge in [0.25, 0.3) is 0 Å². The first-order chi connectivity index (χ1) is 7.09. The molecule has 0 amide bonds. The maximum absolute atomic E-state index is 13.4. The molecule has 0 aliphatic heterocycles. The van der Waals surface area contributed by atoms with Gasteiger partial charge in [0, 0.05) is 5.56 Å². The van der Waals surface area contributed by atoms with Crippen molar-refractivity contribution < 1.29 is 8.78 Å². The number of nitrogens with two attached hydrogens (primary N) is 1. The van der Waals surface area contributed by atoms with Crippen LogP contribution in [-0.4, -0.2) is 0 Å². The quantitative estimate of drug-likeness (QED) is 0.810. The van der Waals surface area contributed by atoms with Crippen molar-refractivity contribution in [3.05, 3.63) is 35.4 Å². The normalized spacial score (nSPS) is 19.3. The van der Waals surface area contributed by atoms with Crippen molar-refractivity contribution in [2.75, 3.05) is 0 Å². The van der Waals surface area contributed by atoms with Crippen LogP contribution in [0.4, 0.5) is 8.78 Å².